The van der Waals surface area contributed by atoms with E-state index >= 15 is 0 Å². The molecule has 2 nitrogen and oxygen atoms in total. The molecule has 1 aromatic carbocycles. The lowest BCUT2D eigenvalue weighted by atomic mass is 10.0. The maximum atomic E-state index is 5.64. The summed E-state index contributed by atoms with van der Waals surface area (Å²) in [5.74, 6) is 0. The predicted molar refractivity (Wildman–Crippen MR) is 81.7 cm³/mol. The second-order valence-corrected chi connectivity index (χ2v) is 5.20. The highest BCUT2D eigenvalue weighted by Crippen LogP contribution is 2.23. The van der Waals surface area contributed by atoms with E-state index in [0.717, 1.165) is 25.1 Å². The van der Waals surface area contributed by atoms with Crippen molar-refractivity contribution in [3.05, 3.63) is 35.6 Å². The minimum Gasteiger partial charge on any atom is -0.464 e. The zero-order valence-electron chi connectivity index (χ0n) is 12.2. The molecule has 2 rings (SSSR count). The van der Waals surface area contributed by atoms with Gasteiger partial charge >= 0.3 is 0 Å². The maximum absolute atomic E-state index is 5.64. The second kappa shape index (κ2) is 7.34. The summed E-state index contributed by atoms with van der Waals surface area (Å²) < 4.78 is 5.64. The fourth-order valence-electron chi connectivity index (χ4n) is 2.38. The van der Waals surface area contributed by atoms with Crippen LogP contribution in [0.2, 0.25) is 0 Å². The van der Waals surface area contributed by atoms with Crippen molar-refractivity contribution < 1.29 is 4.42 Å². The summed E-state index contributed by atoms with van der Waals surface area (Å²) in [4.78, 5) is 0. The molecule has 1 heterocycles. The van der Waals surface area contributed by atoms with Gasteiger partial charge in [-0.3, -0.25) is 0 Å². The number of hydrogen-bond donors (Lipinski definition) is 1. The van der Waals surface area contributed by atoms with Gasteiger partial charge in [-0.1, -0.05) is 26.3 Å². The average molecular weight is 259 g/mol. The summed E-state index contributed by atoms with van der Waals surface area (Å²) in [6.45, 7) is 6.56. The Kier molecular flexibility index (Phi) is 5.46. The zero-order chi connectivity index (χ0) is 13.5. The van der Waals surface area contributed by atoms with Crippen molar-refractivity contribution in [2.75, 3.05) is 13.1 Å². The molecule has 0 radical (unpaired) electrons. The summed E-state index contributed by atoms with van der Waals surface area (Å²) in [6.07, 6.45) is 7.83. The van der Waals surface area contributed by atoms with Crippen LogP contribution in [-0.4, -0.2) is 13.1 Å². The zero-order valence-corrected chi connectivity index (χ0v) is 12.2. The first-order valence-electron chi connectivity index (χ1n) is 7.54. The van der Waals surface area contributed by atoms with E-state index < -0.39 is 0 Å². The van der Waals surface area contributed by atoms with Crippen molar-refractivity contribution >= 4 is 11.0 Å². The highest BCUT2D eigenvalue weighted by molar-refractivity contribution is 5.81. The first-order chi connectivity index (χ1) is 9.35. The number of benzene rings is 1. The number of rotatable bonds is 8. The monoisotopic (exact) mass is 259 g/mol. The van der Waals surface area contributed by atoms with Gasteiger partial charge in [-0.25, -0.2) is 0 Å². The summed E-state index contributed by atoms with van der Waals surface area (Å²) in [5, 5.41) is 4.74. The summed E-state index contributed by atoms with van der Waals surface area (Å²) in [5.41, 5.74) is 3.78. The standard InChI is InChI=1S/C17H25NO/c1-3-5-6-14-7-8-17-16(12-14)15(13-19-17)9-11-18-10-4-2/h7-8,12-13,18H,3-6,9-11H2,1-2H3. The lowest BCUT2D eigenvalue weighted by molar-refractivity contribution is 0.605. The molecule has 0 bridgehead atoms. The highest BCUT2D eigenvalue weighted by atomic mass is 16.3. The van der Waals surface area contributed by atoms with Crippen molar-refractivity contribution in [3.63, 3.8) is 0 Å². The first-order valence-corrected chi connectivity index (χ1v) is 7.54. The Bertz CT molecular complexity index is 501. The number of hydrogen-bond acceptors (Lipinski definition) is 2. The summed E-state index contributed by atoms with van der Waals surface area (Å²) in [6, 6.07) is 6.62. The van der Waals surface area contributed by atoms with E-state index in [1.807, 2.05) is 6.26 Å². The number of unbranched alkanes of at least 4 members (excludes halogenated alkanes) is 1. The normalized spacial score (nSPS) is 11.3. The van der Waals surface area contributed by atoms with E-state index in [2.05, 4.69) is 37.4 Å². The van der Waals surface area contributed by atoms with Crippen LogP contribution in [0, 0.1) is 0 Å². The molecular formula is C17H25NO. The minimum absolute atomic E-state index is 1.02. The van der Waals surface area contributed by atoms with Crippen LogP contribution in [0.1, 0.15) is 44.2 Å². The molecule has 0 aliphatic heterocycles. The Morgan fingerprint density at radius 1 is 1.05 bits per heavy atom. The van der Waals surface area contributed by atoms with Crippen LogP contribution in [0.15, 0.2) is 28.9 Å². The Labute approximate surface area is 116 Å². The van der Waals surface area contributed by atoms with Crippen LogP contribution in [0.25, 0.3) is 11.0 Å². The van der Waals surface area contributed by atoms with E-state index in [-0.39, 0.29) is 0 Å². The van der Waals surface area contributed by atoms with Gasteiger partial charge in [0.2, 0.25) is 0 Å². The van der Waals surface area contributed by atoms with Gasteiger partial charge in [-0.2, -0.15) is 0 Å². The molecule has 2 heteroatoms. The Balaban J connectivity index is 2.06. The molecule has 0 amide bonds. The fourth-order valence-corrected chi connectivity index (χ4v) is 2.38. The molecule has 0 fully saturated rings. The van der Waals surface area contributed by atoms with Gasteiger partial charge in [0.05, 0.1) is 6.26 Å². The van der Waals surface area contributed by atoms with Crippen molar-refractivity contribution in [1.29, 1.82) is 0 Å². The molecule has 0 spiro atoms. The maximum Gasteiger partial charge on any atom is 0.134 e. The lowest BCUT2D eigenvalue weighted by Gasteiger charge is -2.03. The molecular weight excluding hydrogens is 234 g/mol. The van der Waals surface area contributed by atoms with Crippen LogP contribution in [-0.2, 0) is 12.8 Å². The summed E-state index contributed by atoms with van der Waals surface area (Å²) >= 11 is 0. The molecule has 0 saturated carbocycles. The average Bonchev–Trinajstić information content (AvgIpc) is 2.84. The molecule has 19 heavy (non-hydrogen) atoms. The smallest absolute Gasteiger partial charge is 0.134 e. The number of aryl methyl sites for hydroxylation is 1. The Morgan fingerprint density at radius 3 is 2.74 bits per heavy atom. The Morgan fingerprint density at radius 2 is 1.95 bits per heavy atom. The Hall–Kier alpha value is -1.28. The highest BCUT2D eigenvalue weighted by Gasteiger charge is 2.06. The van der Waals surface area contributed by atoms with Crippen LogP contribution >= 0.6 is 0 Å². The molecule has 0 saturated heterocycles. The van der Waals surface area contributed by atoms with E-state index in [1.54, 1.807) is 0 Å². The molecule has 1 aromatic heterocycles. The number of nitrogens with one attached hydrogen (secondary N) is 1. The SMILES string of the molecule is CCCCc1ccc2occ(CCNCCC)c2c1. The van der Waals surface area contributed by atoms with Gasteiger partial charge < -0.3 is 9.73 Å². The van der Waals surface area contributed by atoms with Gasteiger partial charge in [0.15, 0.2) is 0 Å². The minimum atomic E-state index is 1.02. The van der Waals surface area contributed by atoms with Gasteiger partial charge in [0, 0.05) is 5.39 Å². The predicted octanol–water partition coefficient (Wildman–Crippen LogP) is 4.32. The molecule has 0 unspecified atom stereocenters. The van der Waals surface area contributed by atoms with Crippen molar-refractivity contribution in [3.8, 4) is 0 Å². The first kappa shape index (κ1) is 14.1. The number of fused-ring (bicyclic) bond motifs is 1. The largest absolute Gasteiger partial charge is 0.464 e. The van der Waals surface area contributed by atoms with Crippen LogP contribution in [0.4, 0.5) is 0 Å². The van der Waals surface area contributed by atoms with Crippen LogP contribution < -0.4 is 5.32 Å². The summed E-state index contributed by atoms with van der Waals surface area (Å²) in [7, 11) is 0. The van der Waals surface area contributed by atoms with E-state index in [4.69, 9.17) is 4.42 Å². The van der Waals surface area contributed by atoms with Crippen LogP contribution in [0.5, 0.6) is 0 Å². The van der Waals surface area contributed by atoms with Gasteiger partial charge in [-0.05, 0) is 62.0 Å². The third-order valence-electron chi connectivity index (χ3n) is 3.53. The van der Waals surface area contributed by atoms with Crippen molar-refractivity contribution in [2.45, 2.75) is 46.0 Å². The van der Waals surface area contributed by atoms with Gasteiger partial charge in [-0.15, -0.1) is 0 Å². The molecule has 104 valence electrons. The second-order valence-electron chi connectivity index (χ2n) is 5.20. The third-order valence-corrected chi connectivity index (χ3v) is 3.53. The van der Waals surface area contributed by atoms with Crippen LogP contribution in [0.3, 0.4) is 0 Å². The quantitative estimate of drug-likeness (QED) is 0.714. The van der Waals surface area contributed by atoms with Crippen molar-refractivity contribution in [1.82, 2.24) is 5.32 Å². The fraction of sp³-hybridized carbons (Fsp3) is 0.529. The van der Waals surface area contributed by atoms with Gasteiger partial charge in [0.1, 0.15) is 5.58 Å². The molecule has 0 aliphatic carbocycles. The van der Waals surface area contributed by atoms with Gasteiger partial charge in [0.25, 0.3) is 0 Å². The molecule has 0 atom stereocenters. The molecule has 2 aromatic rings. The number of furan rings is 1. The van der Waals surface area contributed by atoms with E-state index in [9.17, 15) is 0 Å². The molecule has 0 aliphatic rings. The van der Waals surface area contributed by atoms with Crippen molar-refractivity contribution in [2.24, 2.45) is 0 Å². The topological polar surface area (TPSA) is 25.2 Å². The lowest BCUT2D eigenvalue weighted by Crippen LogP contribution is -2.17. The molecule has 1 N–H and O–H groups in total. The van der Waals surface area contributed by atoms with E-state index in [1.165, 1.54) is 42.2 Å². The van der Waals surface area contributed by atoms with E-state index in [0.29, 0.717) is 0 Å². The third kappa shape index (κ3) is 3.84.